The van der Waals surface area contributed by atoms with E-state index in [1.54, 1.807) is 19.9 Å². The third kappa shape index (κ3) is 3.99. The smallest absolute Gasteiger partial charge is 0.310 e. The van der Waals surface area contributed by atoms with Gasteiger partial charge in [-0.15, -0.1) is 0 Å². The fraction of sp³-hybridized carbons (Fsp3) is 0.273. The monoisotopic (exact) mass is 401 g/mol. The van der Waals surface area contributed by atoms with E-state index in [-0.39, 0.29) is 23.8 Å². The second-order valence-electron chi connectivity index (χ2n) is 6.92. The van der Waals surface area contributed by atoms with Crippen molar-refractivity contribution < 1.29 is 28.2 Å². The topological polar surface area (TPSA) is 68.5 Å². The Hall–Kier alpha value is -3.22. The highest BCUT2D eigenvalue weighted by Gasteiger charge is 2.23. The summed E-state index contributed by atoms with van der Waals surface area (Å²) >= 11 is 0. The predicted molar refractivity (Wildman–Crippen MR) is 104 cm³/mol. The molecule has 1 heterocycles. The van der Waals surface area contributed by atoms with Gasteiger partial charge in [0.2, 0.25) is 0 Å². The Morgan fingerprint density at radius 1 is 1.14 bits per heavy atom. The zero-order valence-corrected chi connectivity index (χ0v) is 16.3. The molecule has 0 aliphatic carbocycles. The lowest BCUT2D eigenvalue weighted by Gasteiger charge is -2.11. The van der Waals surface area contributed by atoms with Crippen LogP contribution in [0.1, 0.15) is 41.9 Å². The third-order valence-corrected chi connectivity index (χ3v) is 4.92. The second-order valence-corrected chi connectivity index (χ2v) is 6.92. The van der Waals surface area contributed by atoms with E-state index in [1.807, 2.05) is 6.92 Å². The van der Waals surface area contributed by atoms with Gasteiger partial charge in [-0.25, -0.2) is 8.78 Å². The Labute approximate surface area is 166 Å². The van der Waals surface area contributed by atoms with E-state index in [2.05, 4.69) is 0 Å². The molecule has 0 amide bonds. The normalized spacial score (nSPS) is 12.2. The third-order valence-electron chi connectivity index (χ3n) is 4.92. The van der Waals surface area contributed by atoms with Crippen molar-refractivity contribution in [3.8, 4) is 5.75 Å². The second kappa shape index (κ2) is 8.03. The van der Waals surface area contributed by atoms with Gasteiger partial charge in [0.1, 0.15) is 5.75 Å². The fourth-order valence-electron chi connectivity index (χ4n) is 3.21. The van der Waals surface area contributed by atoms with E-state index >= 15 is 0 Å². The van der Waals surface area contributed by atoms with Gasteiger partial charge in [-0.05, 0) is 62.2 Å². The Kier molecular flexibility index (Phi) is 5.68. The maximum absolute atomic E-state index is 13.6. The number of ether oxygens (including phenoxy) is 1. The lowest BCUT2D eigenvalue weighted by atomic mass is 10.1. The van der Waals surface area contributed by atoms with Crippen molar-refractivity contribution >= 4 is 22.8 Å². The first-order valence-corrected chi connectivity index (χ1v) is 9.25. The van der Waals surface area contributed by atoms with Crippen molar-refractivity contribution in [1.29, 1.82) is 0 Å². The van der Waals surface area contributed by atoms with Gasteiger partial charge in [0, 0.05) is 16.6 Å². The van der Waals surface area contributed by atoms with Crippen molar-refractivity contribution in [2.24, 2.45) is 0 Å². The number of benzene rings is 2. The fourth-order valence-corrected chi connectivity index (χ4v) is 3.21. The highest BCUT2D eigenvalue weighted by Crippen LogP contribution is 2.30. The zero-order valence-electron chi connectivity index (χ0n) is 16.3. The molecule has 2 aromatic carbocycles. The molecule has 3 aromatic rings. The van der Waals surface area contributed by atoms with E-state index in [9.17, 15) is 23.5 Å². The van der Waals surface area contributed by atoms with Crippen LogP contribution in [0.15, 0.2) is 36.4 Å². The molecular weight excluding hydrogens is 380 g/mol. The van der Waals surface area contributed by atoms with E-state index in [0.29, 0.717) is 28.6 Å². The van der Waals surface area contributed by atoms with Gasteiger partial charge in [0.25, 0.3) is 5.91 Å². The van der Waals surface area contributed by atoms with Gasteiger partial charge in [-0.2, -0.15) is 0 Å². The standard InChI is InChI=1S/C22H21F2NO4/c1-4-12(2)29-21(27)11-16-13(3)25(20-8-6-15(26)10-17(16)20)22(28)14-5-7-18(23)19(24)9-14/h5-10,12,26H,4,11H2,1-3H3. The lowest BCUT2D eigenvalue weighted by Crippen LogP contribution is -2.17. The number of phenols is 1. The minimum absolute atomic E-state index is 0.0218. The molecule has 5 nitrogen and oxygen atoms in total. The van der Waals surface area contributed by atoms with Crippen LogP contribution >= 0.6 is 0 Å². The number of hydrogen-bond donors (Lipinski definition) is 1. The van der Waals surface area contributed by atoms with E-state index < -0.39 is 23.5 Å². The molecule has 152 valence electrons. The number of aromatic nitrogens is 1. The molecular formula is C22H21F2NO4. The molecule has 3 rings (SSSR count). The molecule has 0 fully saturated rings. The van der Waals surface area contributed by atoms with Gasteiger partial charge in [0.15, 0.2) is 11.6 Å². The molecule has 0 bridgehead atoms. The minimum atomic E-state index is -1.13. The Morgan fingerprint density at radius 2 is 1.86 bits per heavy atom. The molecule has 1 N–H and O–H groups in total. The lowest BCUT2D eigenvalue weighted by molar-refractivity contribution is -0.147. The van der Waals surface area contributed by atoms with Crippen LogP contribution in [0.2, 0.25) is 0 Å². The number of halogens is 2. The molecule has 1 aromatic heterocycles. The number of carbonyl (C=O) groups is 2. The summed E-state index contributed by atoms with van der Waals surface area (Å²) in [6.45, 7) is 5.33. The van der Waals surface area contributed by atoms with Crippen LogP contribution in [-0.4, -0.2) is 27.7 Å². The van der Waals surface area contributed by atoms with E-state index in [1.165, 1.54) is 22.8 Å². The molecule has 0 saturated heterocycles. The SMILES string of the molecule is CCC(C)OC(=O)Cc1c(C)n(C(=O)c2ccc(F)c(F)c2)c2ccc(O)cc12. The van der Waals surface area contributed by atoms with Crippen LogP contribution in [-0.2, 0) is 16.0 Å². The highest BCUT2D eigenvalue weighted by molar-refractivity contribution is 6.05. The molecule has 7 heteroatoms. The molecule has 0 saturated carbocycles. The number of fused-ring (bicyclic) bond motifs is 1. The summed E-state index contributed by atoms with van der Waals surface area (Å²) in [5.41, 5.74) is 1.40. The summed E-state index contributed by atoms with van der Waals surface area (Å²) < 4.78 is 33.5. The Balaban J connectivity index is 2.10. The van der Waals surface area contributed by atoms with Crippen LogP contribution in [0.5, 0.6) is 5.75 Å². The highest BCUT2D eigenvalue weighted by atomic mass is 19.2. The summed E-state index contributed by atoms with van der Waals surface area (Å²) in [5.74, 6) is -3.22. The first kappa shape index (κ1) is 20.5. The number of esters is 1. The van der Waals surface area contributed by atoms with Crippen molar-refractivity contribution in [2.75, 3.05) is 0 Å². The van der Waals surface area contributed by atoms with Crippen LogP contribution in [0.4, 0.5) is 8.78 Å². The average Bonchev–Trinajstić information content (AvgIpc) is 2.94. The van der Waals surface area contributed by atoms with Crippen molar-refractivity contribution in [3.63, 3.8) is 0 Å². The van der Waals surface area contributed by atoms with Gasteiger partial charge < -0.3 is 9.84 Å². The summed E-state index contributed by atoms with van der Waals surface area (Å²) in [6.07, 6.45) is 0.337. The summed E-state index contributed by atoms with van der Waals surface area (Å²) in [5, 5.41) is 10.4. The maximum atomic E-state index is 13.6. The summed E-state index contributed by atoms with van der Waals surface area (Å²) in [7, 11) is 0. The number of carbonyl (C=O) groups excluding carboxylic acids is 2. The minimum Gasteiger partial charge on any atom is -0.508 e. The molecule has 0 aliphatic rings. The molecule has 29 heavy (non-hydrogen) atoms. The molecule has 0 radical (unpaired) electrons. The van der Waals surface area contributed by atoms with E-state index in [4.69, 9.17) is 4.74 Å². The molecule has 0 spiro atoms. The van der Waals surface area contributed by atoms with Crippen LogP contribution in [0, 0.1) is 18.6 Å². The first-order valence-electron chi connectivity index (χ1n) is 9.25. The van der Waals surface area contributed by atoms with Crippen molar-refractivity contribution in [1.82, 2.24) is 4.57 Å². The molecule has 0 aliphatic heterocycles. The first-order chi connectivity index (χ1) is 13.7. The van der Waals surface area contributed by atoms with Gasteiger partial charge in [0.05, 0.1) is 18.0 Å². The summed E-state index contributed by atoms with van der Waals surface area (Å²) in [4.78, 5) is 25.4. The quantitative estimate of drug-likeness (QED) is 0.639. The Morgan fingerprint density at radius 3 is 2.52 bits per heavy atom. The van der Waals surface area contributed by atoms with Crippen LogP contribution in [0.3, 0.4) is 0 Å². The number of rotatable bonds is 5. The van der Waals surface area contributed by atoms with E-state index in [0.717, 1.165) is 12.1 Å². The van der Waals surface area contributed by atoms with Crippen molar-refractivity contribution in [2.45, 2.75) is 39.7 Å². The van der Waals surface area contributed by atoms with Gasteiger partial charge in [-0.1, -0.05) is 6.92 Å². The number of nitrogens with zero attached hydrogens (tertiary/aromatic N) is 1. The summed E-state index contributed by atoms with van der Waals surface area (Å²) in [6, 6.07) is 7.34. The molecule has 1 unspecified atom stereocenters. The van der Waals surface area contributed by atoms with Crippen LogP contribution < -0.4 is 0 Å². The van der Waals surface area contributed by atoms with Gasteiger partial charge >= 0.3 is 5.97 Å². The number of aromatic hydroxyl groups is 1. The zero-order chi connectivity index (χ0) is 21.3. The predicted octanol–water partition coefficient (Wildman–Crippen LogP) is 4.51. The number of hydrogen-bond acceptors (Lipinski definition) is 4. The van der Waals surface area contributed by atoms with Gasteiger partial charge in [-0.3, -0.25) is 14.2 Å². The largest absolute Gasteiger partial charge is 0.508 e. The number of phenolic OH excluding ortho intramolecular Hbond substituents is 1. The molecule has 1 atom stereocenters. The Bertz CT molecular complexity index is 1100. The van der Waals surface area contributed by atoms with Crippen molar-refractivity contribution in [3.05, 3.63) is 64.9 Å². The van der Waals surface area contributed by atoms with Crippen LogP contribution in [0.25, 0.3) is 10.9 Å². The maximum Gasteiger partial charge on any atom is 0.310 e. The average molecular weight is 401 g/mol.